The molecule has 0 radical (unpaired) electrons. The third kappa shape index (κ3) is 5.16. The van der Waals surface area contributed by atoms with Gasteiger partial charge in [-0.2, -0.15) is 0 Å². The van der Waals surface area contributed by atoms with Crippen molar-refractivity contribution in [2.75, 3.05) is 20.6 Å². The Hall–Kier alpha value is -2.67. The lowest BCUT2D eigenvalue weighted by atomic mass is 10.0. The van der Waals surface area contributed by atoms with Gasteiger partial charge in [-0.1, -0.05) is 29.8 Å². The summed E-state index contributed by atoms with van der Waals surface area (Å²) in [6, 6.07) is 8.31. The Morgan fingerprint density at radius 2 is 1.77 bits per heavy atom. The largest absolute Gasteiger partial charge is 0.354 e. The maximum Gasteiger partial charge on any atom is 0.325 e. The van der Waals surface area contributed by atoms with Crippen LogP contribution in [-0.4, -0.2) is 41.4 Å². The molecule has 1 amide bonds. The third-order valence-electron chi connectivity index (χ3n) is 4.43. The quantitative estimate of drug-likeness (QED) is 0.688. The van der Waals surface area contributed by atoms with Gasteiger partial charge >= 0.3 is 5.69 Å². The minimum absolute atomic E-state index is 0.0674. The molecule has 0 aliphatic heterocycles. The summed E-state index contributed by atoms with van der Waals surface area (Å²) in [5.74, 6) is -0.131. The number of hydrogen-bond donors (Lipinski definition) is 3. The molecule has 0 saturated carbocycles. The van der Waals surface area contributed by atoms with Crippen LogP contribution < -0.4 is 16.6 Å². The van der Waals surface area contributed by atoms with Gasteiger partial charge in [0, 0.05) is 24.2 Å². The summed E-state index contributed by atoms with van der Waals surface area (Å²) in [6.07, 6.45) is 0.463. The maximum absolute atomic E-state index is 12.2. The number of carbonyl (C=O) groups excluding carboxylic acids is 1. The fourth-order valence-corrected chi connectivity index (χ4v) is 2.85. The highest BCUT2D eigenvalue weighted by Crippen LogP contribution is 2.18. The summed E-state index contributed by atoms with van der Waals surface area (Å²) < 4.78 is 0. The van der Waals surface area contributed by atoms with E-state index in [0.717, 1.165) is 5.56 Å². The molecule has 1 heterocycles. The number of nitrogens with one attached hydrogen (secondary N) is 3. The van der Waals surface area contributed by atoms with Gasteiger partial charge < -0.3 is 15.2 Å². The molecule has 2 rings (SSSR count). The maximum atomic E-state index is 12.2. The number of aryl methyl sites for hydroxylation is 2. The number of amides is 1. The predicted octanol–water partition coefficient (Wildman–Crippen LogP) is 1.03. The van der Waals surface area contributed by atoms with Crippen molar-refractivity contribution in [3.05, 3.63) is 67.5 Å². The van der Waals surface area contributed by atoms with Gasteiger partial charge in [0.15, 0.2) is 0 Å². The molecule has 2 aromatic rings. The Kier molecular flexibility index (Phi) is 6.52. The summed E-state index contributed by atoms with van der Waals surface area (Å²) >= 11 is 0. The second-order valence-electron chi connectivity index (χ2n) is 6.71. The molecule has 0 aliphatic rings. The molecule has 0 aliphatic carbocycles. The second-order valence-corrected chi connectivity index (χ2v) is 6.71. The zero-order valence-electron chi connectivity index (χ0n) is 15.7. The fraction of sp³-hybridized carbons (Fsp3) is 0.421. The van der Waals surface area contributed by atoms with Crippen molar-refractivity contribution in [2.24, 2.45) is 0 Å². The molecule has 1 aromatic heterocycles. The smallest absolute Gasteiger partial charge is 0.325 e. The minimum Gasteiger partial charge on any atom is -0.354 e. The Morgan fingerprint density at radius 1 is 1.12 bits per heavy atom. The highest BCUT2D eigenvalue weighted by molar-refractivity contribution is 5.76. The number of aromatic amines is 2. The summed E-state index contributed by atoms with van der Waals surface area (Å²) in [4.78, 5) is 42.0. The van der Waals surface area contributed by atoms with Crippen molar-refractivity contribution in [3.8, 4) is 0 Å². The number of nitrogens with zero attached hydrogens (tertiary/aromatic N) is 1. The molecule has 26 heavy (non-hydrogen) atoms. The Labute approximate surface area is 152 Å². The molecule has 0 bridgehead atoms. The summed E-state index contributed by atoms with van der Waals surface area (Å²) in [7, 11) is 3.94. The molecular formula is C19H26N4O3. The number of rotatable bonds is 7. The molecule has 7 heteroatoms. The van der Waals surface area contributed by atoms with E-state index in [1.807, 2.05) is 21.0 Å². The number of carbonyl (C=O) groups is 1. The summed E-state index contributed by atoms with van der Waals surface area (Å²) in [5, 5.41) is 2.93. The average molecular weight is 358 g/mol. The van der Waals surface area contributed by atoms with E-state index in [4.69, 9.17) is 0 Å². The van der Waals surface area contributed by atoms with Crippen LogP contribution in [0, 0.1) is 13.8 Å². The van der Waals surface area contributed by atoms with Crippen LogP contribution in [0.1, 0.15) is 34.8 Å². The Balaban J connectivity index is 1.96. The van der Waals surface area contributed by atoms with Crippen molar-refractivity contribution >= 4 is 5.91 Å². The van der Waals surface area contributed by atoms with Crippen LogP contribution in [0.5, 0.6) is 0 Å². The first-order chi connectivity index (χ1) is 12.3. The lowest BCUT2D eigenvalue weighted by Gasteiger charge is -2.25. The van der Waals surface area contributed by atoms with Crippen LogP contribution in [0.3, 0.4) is 0 Å². The van der Waals surface area contributed by atoms with Crippen molar-refractivity contribution < 1.29 is 4.79 Å². The summed E-state index contributed by atoms with van der Waals surface area (Å²) in [5.41, 5.74) is 2.28. The molecule has 1 aromatic carbocycles. The van der Waals surface area contributed by atoms with Crippen LogP contribution in [0.15, 0.2) is 33.9 Å². The predicted molar refractivity (Wildman–Crippen MR) is 101 cm³/mol. The number of aromatic nitrogens is 2. The number of likely N-dealkylation sites (N-methyl/N-ethyl adjacent to an activating group) is 1. The third-order valence-corrected chi connectivity index (χ3v) is 4.43. The lowest BCUT2D eigenvalue weighted by molar-refractivity contribution is -0.121. The first-order valence-electron chi connectivity index (χ1n) is 8.59. The highest BCUT2D eigenvalue weighted by atomic mass is 16.2. The molecular weight excluding hydrogens is 332 g/mol. The molecule has 140 valence electrons. The van der Waals surface area contributed by atoms with Gasteiger partial charge in [-0.25, -0.2) is 4.79 Å². The Bertz CT molecular complexity index is 866. The van der Waals surface area contributed by atoms with Crippen molar-refractivity contribution in [1.29, 1.82) is 0 Å². The standard InChI is InChI=1S/C19H26N4O3/c1-12-5-7-14(8-6-12)16(23(3)4)11-20-17(24)10-9-15-13(2)21-19(26)22-18(15)25/h5-8,16H,9-11H2,1-4H3,(H,20,24)(H2,21,22,25,26)/t16-/m1/s1. The van der Waals surface area contributed by atoms with Crippen LogP contribution in [0.25, 0.3) is 0 Å². The normalized spacial score (nSPS) is 12.2. The van der Waals surface area contributed by atoms with Crippen molar-refractivity contribution in [1.82, 2.24) is 20.2 Å². The minimum atomic E-state index is -0.535. The van der Waals surface area contributed by atoms with Gasteiger partial charge in [0.2, 0.25) is 5.91 Å². The molecule has 3 N–H and O–H groups in total. The van der Waals surface area contributed by atoms with E-state index < -0.39 is 11.2 Å². The van der Waals surface area contributed by atoms with Gasteiger partial charge in [0.25, 0.3) is 5.56 Å². The molecule has 0 saturated heterocycles. The molecule has 7 nitrogen and oxygen atoms in total. The van der Waals surface area contributed by atoms with E-state index in [9.17, 15) is 14.4 Å². The fourth-order valence-electron chi connectivity index (χ4n) is 2.85. The molecule has 1 atom stereocenters. The highest BCUT2D eigenvalue weighted by Gasteiger charge is 2.16. The van der Waals surface area contributed by atoms with E-state index in [-0.39, 0.29) is 24.8 Å². The van der Waals surface area contributed by atoms with E-state index >= 15 is 0 Å². The molecule has 0 fully saturated rings. The lowest BCUT2D eigenvalue weighted by Crippen LogP contribution is -2.35. The van der Waals surface area contributed by atoms with Crippen LogP contribution in [0.2, 0.25) is 0 Å². The van der Waals surface area contributed by atoms with E-state index in [1.165, 1.54) is 5.56 Å². The zero-order valence-corrected chi connectivity index (χ0v) is 15.7. The summed E-state index contributed by atoms with van der Waals surface area (Å²) in [6.45, 7) is 4.18. The zero-order chi connectivity index (χ0) is 19.3. The SMILES string of the molecule is Cc1ccc([C@@H](CNC(=O)CCc2c(C)[nH]c(=O)[nH]c2=O)N(C)C)cc1. The van der Waals surface area contributed by atoms with E-state index in [1.54, 1.807) is 6.92 Å². The van der Waals surface area contributed by atoms with Gasteiger partial charge in [-0.3, -0.25) is 14.6 Å². The molecule has 0 unspecified atom stereocenters. The van der Waals surface area contributed by atoms with Gasteiger partial charge in [0.1, 0.15) is 0 Å². The van der Waals surface area contributed by atoms with Crippen LogP contribution in [0.4, 0.5) is 0 Å². The van der Waals surface area contributed by atoms with Crippen molar-refractivity contribution in [2.45, 2.75) is 32.7 Å². The van der Waals surface area contributed by atoms with Gasteiger partial charge in [-0.15, -0.1) is 0 Å². The van der Waals surface area contributed by atoms with Crippen LogP contribution in [-0.2, 0) is 11.2 Å². The number of H-pyrrole nitrogens is 2. The topological polar surface area (TPSA) is 98.1 Å². The second kappa shape index (κ2) is 8.62. The van der Waals surface area contributed by atoms with Gasteiger partial charge in [-0.05, 0) is 39.9 Å². The molecule has 0 spiro atoms. The van der Waals surface area contributed by atoms with Gasteiger partial charge in [0.05, 0.1) is 6.04 Å². The monoisotopic (exact) mass is 358 g/mol. The Morgan fingerprint density at radius 3 is 2.35 bits per heavy atom. The number of hydrogen-bond acceptors (Lipinski definition) is 4. The number of benzene rings is 1. The van der Waals surface area contributed by atoms with E-state index in [2.05, 4.69) is 44.5 Å². The van der Waals surface area contributed by atoms with Crippen molar-refractivity contribution in [3.63, 3.8) is 0 Å². The first-order valence-corrected chi connectivity index (χ1v) is 8.59. The van der Waals surface area contributed by atoms with Crippen LogP contribution >= 0.6 is 0 Å². The first kappa shape index (κ1) is 19.7. The average Bonchev–Trinajstić information content (AvgIpc) is 2.55. The van der Waals surface area contributed by atoms with E-state index in [0.29, 0.717) is 17.8 Å².